The highest BCUT2D eigenvalue weighted by molar-refractivity contribution is 7.80. The van der Waals surface area contributed by atoms with Crippen molar-refractivity contribution in [2.75, 3.05) is 32.1 Å². The Bertz CT molecular complexity index is 2580. The first kappa shape index (κ1) is 77.3. The average Bonchev–Trinajstić information content (AvgIpc) is 1.66. The van der Waals surface area contributed by atoms with Gasteiger partial charge in [-0.15, -0.1) is 0 Å². The van der Waals surface area contributed by atoms with Gasteiger partial charge in [0.25, 0.3) is 0 Å². The van der Waals surface area contributed by atoms with Crippen molar-refractivity contribution in [1.82, 2.24) is 10.6 Å². The number of nitrogens with one attached hydrogen (secondary N) is 2. The van der Waals surface area contributed by atoms with Crippen LogP contribution in [0, 0.1) is 59.2 Å². The summed E-state index contributed by atoms with van der Waals surface area (Å²) in [5.74, 6) is 0.587. The zero-order chi connectivity index (χ0) is 67.1. The molecule has 14 atom stereocenters. The fourth-order valence-electron chi connectivity index (χ4n) is 16.3. The van der Waals surface area contributed by atoms with Gasteiger partial charge in [-0.2, -0.15) is 12.6 Å². The lowest BCUT2D eigenvalue weighted by atomic mass is 9.73. The first-order valence-electron chi connectivity index (χ1n) is 36.8. The Kier molecular flexibility index (Phi) is 35.0. The summed E-state index contributed by atoms with van der Waals surface area (Å²) in [5.41, 5.74) is 4.74. The maximum absolute atomic E-state index is 13.9. The van der Waals surface area contributed by atoms with Gasteiger partial charge in [-0.3, -0.25) is 24.0 Å². The van der Waals surface area contributed by atoms with E-state index in [0.29, 0.717) is 62.3 Å². The number of thiol groups is 1. The summed E-state index contributed by atoms with van der Waals surface area (Å²) in [6.07, 6.45) is 31.9. The van der Waals surface area contributed by atoms with E-state index in [9.17, 15) is 49.2 Å². The molecule has 2 aromatic rings. The Morgan fingerprint density at radius 3 is 1.53 bits per heavy atom. The van der Waals surface area contributed by atoms with Gasteiger partial charge in [0.15, 0.2) is 12.4 Å². The van der Waals surface area contributed by atoms with Crippen molar-refractivity contribution in [3.63, 3.8) is 0 Å². The van der Waals surface area contributed by atoms with E-state index in [2.05, 4.69) is 56.2 Å². The fourth-order valence-corrected chi connectivity index (χ4v) is 16.6. The van der Waals surface area contributed by atoms with Crippen LogP contribution in [0.5, 0.6) is 11.5 Å². The molecule has 524 valence electrons. The number of fused-ring (bicyclic) bond motifs is 4. The third kappa shape index (κ3) is 25.0. The highest BCUT2D eigenvalue weighted by Crippen LogP contribution is 2.51. The quantitative estimate of drug-likeness (QED) is 0.0178. The van der Waals surface area contributed by atoms with Crippen molar-refractivity contribution in [1.29, 1.82) is 0 Å². The lowest BCUT2D eigenvalue weighted by Crippen LogP contribution is -2.42. The van der Waals surface area contributed by atoms with Crippen molar-refractivity contribution in [2.24, 2.45) is 59.2 Å². The second kappa shape index (κ2) is 42.1. The number of carboxylic acid groups (broad SMARTS) is 2. The molecule has 2 aromatic carbocycles. The Hall–Kier alpha value is -4.71. The van der Waals surface area contributed by atoms with Gasteiger partial charge in [0.1, 0.15) is 24.2 Å². The number of carbonyl (C=O) groups excluding carboxylic acids is 4. The normalized spacial score (nSPS) is 25.8. The van der Waals surface area contributed by atoms with E-state index in [4.69, 9.17) is 19.3 Å². The standard InChI is InChI=1S/C37H57NO7S.C24H36O4.C15H27NO3/c1-2-3-6-13-27(39)17-18-28-31-21-25-12-11-16-33(44-24-35(40)41)32(25)22-26(31)23-34(28)45-37(43)30-15-8-7-14-29(30)36(42)38-19-9-4-5-10-20-46;1-3-4-5-8-19(26)10-11-20-21-12-17-7-6-9-24(28-15-16(2)25)22(17)13-18(21)14-23(20)27;1-2-3-4-5-8-11-16-14(17)12-9-6-7-10-13(12)15(18)19/h11-12,16,26-31,34,39,46H,2-10,13-15,17-24H2,1H3,(H,38,42)(H,40,41);6-7,9,18-21,23,26-27H,3-5,8,10-15H2,1-2H3;12-13H,2-11H2,1H3,(H,16,17)(H,18,19)/t26-,27-,28+,29-,30+,31-,34+;18-,19-,20+,21-,23+;12-,13+/m000/s1. The van der Waals surface area contributed by atoms with Crippen LogP contribution in [0.15, 0.2) is 36.4 Å². The SMILES string of the molecule is CCCCCCCNC(=O)[C@H]1CCCC[C@H]1C(=O)O.CCCCC[C@H](O)CC[C@@H]1[C@H]2Cc3cccc(OCC(=O)O)c3C[C@H]2C[C@H]1OC(=O)[C@@H]1CCCC[C@@H]1C(=O)NCCCCCCS.CCCCC[C@H](O)CC[C@@H]1[C@H]2Cc3cccc(OCC(C)=O)c3C[C@H]2C[C@H]1O. The minimum Gasteiger partial charge on any atom is -0.486 e. The number of rotatable bonds is 37. The molecule has 4 saturated carbocycles. The summed E-state index contributed by atoms with van der Waals surface area (Å²) in [7, 11) is 0. The van der Waals surface area contributed by atoms with Crippen molar-refractivity contribution >= 4 is 48.1 Å². The number of ketones is 1. The second-order valence-electron chi connectivity index (χ2n) is 28.4. The molecular weight excluding hydrogens is 1200 g/mol. The molecule has 7 N–H and O–H groups in total. The number of ether oxygens (including phenoxy) is 3. The van der Waals surface area contributed by atoms with Gasteiger partial charge in [0, 0.05) is 13.1 Å². The summed E-state index contributed by atoms with van der Waals surface area (Å²) >= 11 is 4.27. The number of aliphatic hydroxyl groups is 3. The smallest absolute Gasteiger partial charge is 0.341 e. The number of hydrogen-bond donors (Lipinski definition) is 8. The van der Waals surface area contributed by atoms with Gasteiger partial charge >= 0.3 is 17.9 Å². The lowest BCUT2D eigenvalue weighted by molar-refractivity contribution is -0.162. The molecule has 0 heterocycles. The van der Waals surface area contributed by atoms with Crippen molar-refractivity contribution in [3.8, 4) is 11.5 Å². The first-order chi connectivity index (χ1) is 45.0. The van der Waals surface area contributed by atoms with Crippen LogP contribution in [0.1, 0.15) is 249 Å². The predicted molar refractivity (Wildman–Crippen MR) is 367 cm³/mol. The number of Topliss-reactive ketones (excluding diaryl/α,β-unsaturated/α-hetero) is 1. The fraction of sp³-hybridized carbons (Fsp3) is 0.763. The number of carbonyl (C=O) groups is 6. The molecule has 0 aromatic heterocycles. The Labute approximate surface area is 562 Å². The summed E-state index contributed by atoms with van der Waals surface area (Å²) in [6, 6.07) is 12.0. The molecule has 6 aliphatic rings. The number of esters is 1. The van der Waals surface area contributed by atoms with Crippen LogP contribution in [0.3, 0.4) is 0 Å². The molecule has 0 aliphatic heterocycles. The number of hydrogen-bond acceptors (Lipinski definition) is 13. The Morgan fingerprint density at radius 1 is 0.548 bits per heavy atom. The van der Waals surface area contributed by atoms with Crippen LogP contribution >= 0.6 is 12.6 Å². The van der Waals surface area contributed by atoms with E-state index in [1.165, 1.54) is 48.8 Å². The number of aliphatic hydroxyl groups excluding tert-OH is 3. The Morgan fingerprint density at radius 2 is 1.01 bits per heavy atom. The van der Waals surface area contributed by atoms with E-state index in [1.807, 2.05) is 24.3 Å². The van der Waals surface area contributed by atoms with E-state index >= 15 is 0 Å². The van der Waals surface area contributed by atoms with Crippen LogP contribution in [-0.4, -0.2) is 118 Å². The van der Waals surface area contributed by atoms with Crippen molar-refractivity contribution in [3.05, 3.63) is 58.7 Å². The van der Waals surface area contributed by atoms with E-state index in [-0.39, 0.29) is 90.8 Å². The molecule has 6 aliphatic carbocycles. The third-order valence-electron chi connectivity index (χ3n) is 21.5. The zero-order valence-corrected chi connectivity index (χ0v) is 58.1. The molecule has 93 heavy (non-hydrogen) atoms. The lowest BCUT2D eigenvalue weighted by Gasteiger charge is -2.33. The van der Waals surface area contributed by atoms with Crippen LogP contribution in [0.2, 0.25) is 0 Å². The minimum absolute atomic E-state index is 0.0213. The van der Waals surface area contributed by atoms with Gasteiger partial charge in [0.05, 0.1) is 42.0 Å². The maximum Gasteiger partial charge on any atom is 0.341 e. The first-order valence-corrected chi connectivity index (χ1v) is 37.4. The average molecular weight is 1320 g/mol. The van der Waals surface area contributed by atoms with Crippen LogP contribution in [-0.2, 0) is 59.2 Å². The van der Waals surface area contributed by atoms with Gasteiger partial charge in [-0.1, -0.05) is 148 Å². The van der Waals surface area contributed by atoms with Crippen LogP contribution in [0.25, 0.3) is 0 Å². The highest BCUT2D eigenvalue weighted by atomic mass is 32.1. The molecule has 2 amide bonds. The number of amides is 2. The zero-order valence-electron chi connectivity index (χ0n) is 57.2. The van der Waals surface area contributed by atoms with Gasteiger partial charge in [0.2, 0.25) is 11.8 Å². The minimum atomic E-state index is -1.00. The van der Waals surface area contributed by atoms with E-state index in [1.54, 1.807) is 6.92 Å². The number of benzene rings is 2. The van der Waals surface area contributed by atoms with Gasteiger partial charge in [-0.05, 0) is 205 Å². The maximum atomic E-state index is 13.9. The summed E-state index contributed by atoms with van der Waals surface area (Å²) < 4.78 is 17.8. The van der Waals surface area contributed by atoms with Crippen LogP contribution < -0.4 is 20.1 Å². The molecular formula is C76H120N2O14S. The molecule has 0 saturated heterocycles. The Balaban J connectivity index is 0.000000247. The molecule has 17 heteroatoms. The van der Waals surface area contributed by atoms with E-state index in [0.717, 1.165) is 184 Å². The monoisotopic (exact) mass is 1320 g/mol. The van der Waals surface area contributed by atoms with Gasteiger partial charge in [-0.25, -0.2) is 4.79 Å². The topological polar surface area (TPSA) is 255 Å². The number of aliphatic carboxylic acids is 2. The third-order valence-corrected chi connectivity index (χ3v) is 21.8. The molecule has 0 bridgehead atoms. The predicted octanol–water partition coefficient (Wildman–Crippen LogP) is 13.6. The van der Waals surface area contributed by atoms with Crippen molar-refractivity contribution in [2.45, 2.75) is 277 Å². The molecule has 4 fully saturated rings. The molecule has 0 spiro atoms. The van der Waals surface area contributed by atoms with Crippen LogP contribution in [0.4, 0.5) is 0 Å². The summed E-state index contributed by atoms with van der Waals surface area (Å²) in [5, 5.41) is 56.1. The summed E-state index contributed by atoms with van der Waals surface area (Å²) in [6.45, 7) is 9.12. The summed E-state index contributed by atoms with van der Waals surface area (Å²) in [4.78, 5) is 72.8. The van der Waals surface area contributed by atoms with Gasteiger partial charge < -0.3 is 50.4 Å². The number of carboxylic acids is 2. The number of unbranched alkanes of at least 4 members (excludes halogenated alkanes) is 11. The van der Waals surface area contributed by atoms with E-state index < -0.39 is 23.8 Å². The molecule has 0 unspecified atom stereocenters. The molecule has 16 nitrogen and oxygen atoms in total. The highest BCUT2D eigenvalue weighted by Gasteiger charge is 2.49. The second-order valence-corrected chi connectivity index (χ2v) is 28.8. The van der Waals surface area contributed by atoms with Crippen molar-refractivity contribution < 1.29 is 68.5 Å². The molecule has 8 rings (SSSR count). The largest absolute Gasteiger partial charge is 0.486 e. The molecule has 0 radical (unpaired) electrons.